The standard InChI is InChI=1S/C15H12N2O2/c1-19-13-4-2-3-12-14(16-9-17-15(12)13)10-5-7-11(18)8-6-10/h2-9,18H,1H3. The quantitative estimate of drug-likeness (QED) is 0.761. The van der Waals surface area contributed by atoms with Gasteiger partial charge in [0.1, 0.15) is 23.3 Å². The Bertz CT molecular complexity index is 724. The van der Waals surface area contributed by atoms with Crippen molar-refractivity contribution in [1.82, 2.24) is 9.97 Å². The molecule has 0 unspecified atom stereocenters. The molecule has 94 valence electrons. The third-order valence-corrected chi connectivity index (χ3v) is 2.99. The van der Waals surface area contributed by atoms with E-state index >= 15 is 0 Å². The fourth-order valence-electron chi connectivity index (χ4n) is 2.07. The third-order valence-electron chi connectivity index (χ3n) is 2.99. The first kappa shape index (κ1) is 11.5. The molecular weight excluding hydrogens is 240 g/mol. The van der Waals surface area contributed by atoms with Crippen LogP contribution in [0.5, 0.6) is 11.5 Å². The van der Waals surface area contributed by atoms with Crippen molar-refractivity contribution in [2.45, 2.75) is 0 Å². The van der Waals surface area contributed by atoms with E-state index in [1.54, 1.807) is 19.2 Å². The van der Waals surface area contributed by atoms with E-state index in [2.05, 4.69) is 9.97 Å². The number of fused-ring (bicyclic) bond motifs is 1. The fourth-order valence-corrected chi connectivity index (χ4v) is 2.07. The van der Waals surface area contributed by atoms with Gasteiger partial charge in [-0.15, -0.1) is 0 Å². The van der Waals surface area contributed by atoms with Gasteiger partial charge in [0, 0.05) is 10.9 Å². The molecule has 4 heteroatoms. The lowest BCUT2D eigenvalue weighted by atomic mass is 10.1. The van der Waals surface area contributed by atoms with Gasteiger partial charge in [0.15, 0.2) is 0 Å². The van der Waals surface area contributed by atoms with Crippen LogP contribution in [0.2, 0.25) is 0 Å². The summed E-state index contributed by atoms with van der Waals surface area (Å²) in [6, 6.07) is 12.7. The first-order valence-electron chi connectivity index (χ1n) is 5.86. The molecule has 19 heavy (non-hydrogen) atoms. The Kier molecular flexibility index (Phi) is 2.76. The topological polar surface area (TPSA) is 55.2 Å². The first-order valence-corrected chi connectivity index (χ1v) is 5.86. The van der Waals surface area contributed by atoms with E-state index in [1.807, 2.05) is 30.3 Å². The maximum atomic E-state index is 9.35. The number of hydrogen-bond donors (Lipinski definition) is 1. The number of aromatic nitrogens is 2. The van der Waals surface area contributed by atoms with E-state index in [0.717, 1.165) is 27.9 Å². The van der Waals surface area contributed by atoms with Gasteiger partial charge in [0.05, 0.1) is 12.8 Å². The molecule has 0 saturated heterocycles. The molecular formula is C15H12N2O2. The normalized spacial score (nSPS) is 10.6. The minimum atomic E-state index is 0.236. The summed E-state index contributed by atoms with van der Waals surface area (Å²) < 4.78 is 5.31. The number of ether oxygens (including phenoxy) is 1. The molecule has 3 aromatic rings. The molecule has 0 aliphatic carbocycles. The molecule has 0 amide bonds. The Labute approximate surface area is 110 Å². The van der Waals surface area contributed by atoms with Crippen molar-refractivity contribution >= 4 is 10.9 Å². The molecule has 1 N–H and O–H groups in total. The number of phenolic OH excluding ortho intramolecular Hbond substituents is 1. The second-order valence-corrected chi connectivity index (χ2v) is 4.13. The summed E-state index contributed by atoms with van der Waals surface area (Å²) in [5.41, 5.74) is 2.53. The minimum absolute atomic E-state index is 0.236. The molecule has 1 heterocycles. The SMILES string of the molecule is COc1cccc2c(-c3ccc(O)cc3)ncnc12. The summed E-state index contributed by atoms with van der Waals surface area (Å²) in [6.45, 7) is 0. The van der Waals surface area contributed by atoms with Gasteiger partial charge in [0.2, 0.25) is 0 Å². The molecule has 1 aromatic heterocycles. The van der Waals surface area contributed by atoms with Crippen LogP contribution in [-0.2, 0) is 0 Å². The van der Waals surface area contributed by atoms with Gasteiger partial charge in [-0.1, -0.05) is 12.1 Å². The number of methoxy groups -OCH3 is 1. The first-order chi connectivity index (χ1) is 9.29. The fraction of sp³-hybridized carbons (Fsp3) is 0.0667. The summed E-state index contributed by atoms with van der Waals surface area (Å²) in [4.78, 5) is 8.60. The summed E-state index contributed by atoms with van der Waals surface area (Å²) in [7, 11) is 1.62. The van der Waals surface area contributed by atoms with Crippen LogP contribution in [0.3, 0.4) is 0 Å². The zero-order valence-corrected chi connectivity index (χ0v) is 10.4. The van der Waals surface area contributed by atoms with Gasteiger partial charge in [-0.05, 0) is 30.3 Å². The Morgan fingerprint density at radius 3 is 2.53 bits per heavy atom. The smallest absolute Gasteiger partial charge is 0.145 e. The predicted molar refractivity (Wildman–Crippen MR) is 73.2 cm³/mol. The van der Waals surface area contributed by atoms with Gasteiger partial charge in [-0.2, -0.15) is 0 Å². The van der Waals surface area contributed by atoms with Crippen LogP contribution in [0.1, 0.15) is 0 Å². The minimum Gasteiger partial charge on any atom is -0.508 e. The highest BCUT2D eigenvalue weighted by molar-refractivity contribution is 5.95. The molecule has 2 aromatic carbocycles. The summed E-state index contributed by atoms with van der Waals surface area (Å²) in [5, 5.41) is 10.3. The van der Waals surface area contributed by atoms with Crippen LogP contribution < -0.4 is 4.74 Å². The van der Waals surface area contributed by atoms with Crippen LogP contribution in [0.15, 0.2) is 48.8 Å². The third kappa shape index (κ3) is 1.97. The lowest BCUT2D eigenvalue weighted by Crippen LogP contribution is -1.92. The summed E-state index contributed by atoms with van der Waals surface area (Å²) in [5.74, 6) is 0.958. The van der Waals surface area contributed by atoms with Crippen molar-refractivity contribution in [3.63, 3.8) is 0 Å². The molecule has 0 aliphatic heterocycles. The van der Waals surface area contributed by atoms with Crippen molar-refractivity contribution < 1.29 is 9.84 Å². The van der Waals surface area contributed by atoms with Gasteiger partial charge in [-0.3, -0.25) is 0 Å². The Morgan fingerprint density at radius 1 is 1.00 bits per heavy atom. The number of phenols is 1. The zero-order chi connectivity index (χ0) is 13.2. The molecule has 0 bridgehead atoms. The lowest BCUT2D eigenvalue weighted by molar-refractivity contribution is 0.419. The highest BCUT2D eigenvalue weighted by Gasteiger charge is 2.09. The van der Waals surface area contributed by atoms with E-state index in [-0.39, 0.29) is 5.75 Å². The molecule has 0 radical (unpaired) electrons. The second kappa shape index (κ2) is 4.57. The number of para-hydroxylation sites is 1. The Balaban J connectivity index is 2.27. The van der Waals surface area contributed by atoms with Crippen LogP contribution in [0, 0.1) is 0 Å². The summed E-state index contributed by atoms with van der Waals surface area (Å²) in [6.07, 6.45) is 1.52. The number of nitrogens with zero attached hydrogens (tertiary/aromatic N) is 2. The van der Waals surface area contributed by atoms with Gasteiger partial charge in [0.25, 0.3) is 0 Å². The maximum Gasteiger partial charge on any atom is 0.145 e. The highest BCUT2D eigenvalue weighted by Crippen LogP contribution is 2.30. The van der Waals surface area contributed by atoms with Crippen LogP contribution in [0.25, 0.3) is 22.2 Å². The van der Waals surface area contributed by atoms with Gasteiger partial charge in [-0.25, -0.2) is 9.97 Å². The zero-order valence-electron chi connectivity index (χ0n) is 10.4. The van der Waals surface area contributed by atoms with E-state index in [4.69, 9.17) is 4.74 Å². The van der Waals surface area contributed by atoms with Gasteiger partial charge >= 0.3 is 0 Å². The van der Waals surface area contributed by atoms with Gasteiger partial charge < -0.3 is 9.84 Å². The molecule has 0 atom stereocenters. The van der Waals surface area contributed by atoms with E-state index in [9.17, 15) is 5.11 Å². The molecule has 0 spiro atoms. The Morgan fingerprint density at radius 2 is 1.79 bits per heavy atom. The maximum absolute atomic E-state index is 9.35. The van der Waals surface area contributed by atoms with Crippen LogP contribution in [-0.4, -0.2) is 22.2 Å². The number of benzene rings is 2. The van der Waals surface area contributed by atoms with E-state index < -0.39 is 0 Å². The van der Waals surface area contributed by atoms with Crippen molar-refractivity contribution in [2.24, 2.45) is 0 Å². The molecule has 4 nitrogen and oxygen atoms in total. The average molecular weight is 252 g/mol. The van der Waals surface area contributed by atoms with E-state index in [0.29, 0.717) is 0 Å². The number of aromatic hydroxyl groups is 1. The van der Waals surface area contributed by atoms with E-state index in [1.165, 1.54) is 6.33 Å². The monoisotopic (exact) mass is 252 g/mol. The second-order valence-electron chi connectivity index (χ2n) is 4.13. The average Bonchev–Trinajstić information content (AvgIpc) is 2.47. The van der Waals surface area contributed by atoms with Crippen molar-refractivity contribution in [1.29, 1.82) is 0 Å². The molecule has 0 saturated carbocycles. The number of hydrogen-bond acceptors (Lipinski definition) is 4. The Hall–Kier alpha value is -2.62. The van der Waals surface area contributed by atoms with Crippen LogP contribution >= 0.6 is 0 Å². The molecule has 0 aliphatic rings. The lowest BCUT2D eigenvalue weighted by Gasteiger charge is -2.08. The predicted octanol–water partition coefficient (Wildman–Crippen LogP) is 3.01. The van der Waals surface area contributed by atoms with Crippen molar-refractivity contribution in [3.8, 4) is 22.8 Å². The highest BCUT2D eigenvalue weighted by atomic mass is 16.5. The van der Waals surface area contributed by atoms with Crippen molar-refractivity contribution in [2.75, 3.05) is 7.11 Å². The van der Waals surface area contributed by atoms with Crippen LogP contribution in [0.4, 0.5) is 0 Å². The largest absolute Gasteiger partial charge is 0.508 e. The molecule has 0 fully saturated rings. The van der Waals surface area contributed by atoms with Crippen molar-refractivity contribution in [3.05, 3.63) is 48.8 Å². The molecule has 3 rings (SSSR count). The number of rotatable bonds is 2. The summed E-state index contributed by atoms with van der Waals surface area (Å²) >= 11 is 0.